The summed E-state index contributed by atoms with van der Waals surface area (Å²) in [5.74, 6) is -1.91. The fraction of sp³-hybridized carbons (Fsp3) is 0.320. The molecule has 2 aromatic rings. The lowest BCUT2D eigenvalue weighted by Crippen LogP contribution is -2.51. The Hall–Kier alpha value is -3.65. The molecule has 2 heterocycles. The third kappa shape index (κ3) is 3.29. The first kappa shape index (κ1) is 22.5. The molecule has 8 nitrogen and oxygen atoms in total. The summed E-state index contributed by atoms with van der Waals surface area (Å²) in [6.07, 6.45) is 0.559. The van der Waals surface area contributed by atoms with Crippen LogP contribution in [0.2, 0.25) is 0 Å². The van der Waals surface area contributed by atoms with Crippen molar-refractivity contribution in [1.82, 2.24) is 9.80 Å². The monoisotopic (exact) mass is 449 g/mol. The fourth-order valence-corrected chi connectivity index (χ4v) is 4.71. The van der Waals surface area contributed by atoms with Crippen LogP contribution in [0.15, 0.2) is 54.1 Å². The molecule has 1 atom stereocenters. The maximum absolute atomic E-state index is 13.8. The van der Waals surface area contributed by atoms with Crippen molar-refractivity contribution in [1.29, 1.82) is 0 Å². The van der Waals surface area contributed by atoms with Crippen LogP contribution in [-0.2, 0) is 19.9 Å². The van der Waals surface area contributed by atoms with Gasteiger partial charge in [-0.15, -0.1) is 0 Å². The number of likely N-dealkylation sites (tertiary alicyclic amines) is 1. The molecule has 0 aromatic heterocycles. The zero-order valence-electron chi connectivity index (χ0n) is 19.2. The first-order valence-electron chi connectivity index (χ1n) is 10.7. The number of methoxy groups -OCH3 is 1. The zero-order valence-corrected chi connectivity index (χ0v) is 19.2. The number of ketones is 1. The van der Waals surface area contributed by atoms with E-state index in [4.69, 9.17) is 4.74 Å². The number of nitrogens with zero attached hydrogens (tertiary/aromatic N) is 3. The number of fused-ring (bicyclic) bond motifs is 2. The maximum atomic E-state index is 13.8. The molecule has 2 aromatic carbocycles. The van der Waals surface area contributed by atoms with Gasteiger partial charge in [-0.05, 0) is 57.4 Å². The van der Waals surface area contributed by atoms with Gasteiger partial charge in [0.25, 0.3) is 17.6 Å². The molecule has 2 aliphatic rings. The fourth-order valence-electron chi connectivity index (χ4n) is 4.71. The largest absolute Gasteiger partial charge is 0.507 e. The van der Waals surface area contributed by atoms with Gasteiger partial charge in [-0.2, -0.15) is 0 Å². The Labute approximate surface area is 192 Å². The second-order valence-corrected chi connectivity index (χ2v) is 8.49. The lowest BCUT2D eigenvalue weighted by Gasteiger charge is -2.34. The van der Waals surface area contributed by atoms with Crippen LogP contribution in [0.1, 0.15) is 17.5 Å². The van der Waals surface area contributed by atoms with Gasteiger partial charge in [0.1, 0.15) is 11.5 Å². The van der Waals surface area contributed by atoms with Crippen molar-refractivity contribution in [3.8, 4) is 5.75 Å². The predicted molar refractivity (Wildman–Crippen MR) is 124 cm³/mol. The third-order valence-electron chi connectivity index (χ3n) is 6.29. The number of Topliss-reactive ketones (excluding diaryl/α,β-unsaturated/α-hetero) is 1. The molecule has 1 N–H and O–H groups in total. The van der Waals surface area contributed by atoms with E-state index in [0.29, 0.717) is 35.5 Å². The number of aliphatic hydroxyl groups is 1. The number of para-hydroxylation sites is 1. The number of amides is 2. The highest BCUT2D eigenvalue weighted by molar-refractivity contribution is 6.50. The minimum atomic E-state index is -1.71. The topological polar surface area (TPSA) is 90.4 Å². The number of carbonyl (C=O) groups excluding carboxylic acids is 3. The molecule has 0 unspecified atom stereocenters. The summed E-state index contributed by atoms with van der Waals surface area (Å²) in [6.45, 7) is 0.860. The van der Waals surface area contributed by atoms with Crippen molar-refractivity contribution in [3.63, 3.8) is 0 Å². The van der Waals surface area contributed by atoms with Gasteiger partial charge in [0.2, 0.25) is 0 Å². The number of hydrogen-bond donors (Lipinski definition) is 1. The van der Waals surface area contributed by atoms with Gasteiger partial charge < -0.3 is 24.5 Å². The Morgan fingerprint density at radius 1 is 1.06 bits per heavy atom. The number of aliphatic hydroxyl groups excluding tert-OH is 1. The number of carbonyl (C=O) groups is 3. The van der Waals surface area contributed by atoms with Crippen LogP contribution < -0.4 is 9.64 Å². The predicted octanol–water partition coefficient (Wildman–Crippen LogP) is 2.20. The smallest absolute Gasteiger partial charge is 0.296 e. The SMILES string of the molecule is COc1ccc(C(O)=C2C(=O)C(=O)N(CCCN(C)C)[C@@]23C(=O)N(C)c2ccccc23)cc1. The number of rotatable bonds is 6. The van der Waals surface area contributed by atoms with Gasteiger partial charge in [-0.25, -0.2) is 0 Å². The molecule has 0 saturated carbocycles. The molecule has 172 valence electrons. The van der Waals surface area contributed by atoms with E-state index in [2.05, 4.69) is 0 Å². The first-order valence-corrected chi connectivity index (χ1v) is 10.7. The second-order valence-electron chi connectivity index (χ2n) is 8.49. The summed E-state index contributed by atoms with van der Waals surface area (Å²) in [5, 5.41) is 11.3. The van der Waals surface area contributed by atoms with Crippen LogP contribution in [0.25, 0.3) is 5.76 Å². The number of benzene rings is 2. The third-order valence-corrected chi connectivity index (χ3v) is 6.29. The van der Waals surface area contributed by atoms with Crippen LogP contribution in [0.4, 0.5) is 5.69 Å². The molecule has 1 spiro atoms. The van der Waals surface area contributed by atoms with E-state index in [1.54, 1.807) is 55.6 Å². The molecule has 2 aliphatic heterocycles. The summed E-state index contributed by atoms with van der Waals surface area (Å²) in [5.41, 5.74) is -0.486. The van der Waals surface area contributed by atoms with Gasteiger partial charge in [-0.3, -0.25) is 14.4 Å². The standard InChI is InChI=1S/C25H27N3O5/c1-26(2)14-7-15-28-23(31)22(30)20(21(29)16-10-12-17(33-4)13-11-16)25(28)18-8-5-6-9-19(18)27(3)24(25)32/h5-6,8-13,29H,7,14-15H2,1-4H3/t25-/m1/s1. The Balaban J connectivity index is 1.96. The van der Waals surface area contributed by atoms with Crippen molar-refractivity contribution in [2.75, 3.05) is 46.2 Å². The summed E-state index contributed by atoms with van der Waals surface area (Å²) in [7, 11) is 6.97. The van der Waals surface area contributed by atoms with Crippen molar-refractivity contribution >= 4 is 29.0 Å². The highest BCUT2D eigenvalue weighted by Crippen LogP contribution is 2.53. The molecule has 1 fully saturated rings. The Morgan fingerprint density at radius 3 is 2.36 bits per heavy atom. The molecule has 33 heavy (non-hydrogen) atoms. The van der Waals surface area contributed by atoms with Gasteiger partial charge in [0.15, 0.2) is 5.54 Å². The maximum Gasteiger partial charge on any atom is 0.296 e. The van der Waals surface area contributed by atoms with E-state index >= 15 is 0 Å². The number of anilines is 1. The Kier molecular flexibility index (Phi) is 5.71. The first-order chi connectivity index (χ1) is 15.7. The number of likely N-dealkylation sites (N-methyl/N-ethyl adjacent to an activating group) is 1. The van der Waals surface area contributed by atoms with Crippen LogP contribution in [0.3, 0.4) is 0 Å². The molecule has 0 aliphatic carbocycles. The average molecular weight is 450 g/mol. The average Bonchev–Trinajstić information content (AvgIpc) is 3.17. The van der Waals surface area contributed by atoms with Gasteiger partial charge >= 0.3 is 0 Å². The van der Waals surface area contributed by atoms with Crippen LogP contribution in [-0.4, -0.2) is 73.8 Å². The van der Waals surface area contributed by atoms with E-state index in [0.717, 1.165) is 0 Å². The van der Waals surface area contributed by atoms with E-state index < -0.39 is 23.1 Å². The Bertz CT molecular complexity index is 1150. The molecule has 2 amide bonds. The molecular weight excluding hydrogens is 422 g/mol. The number of ether oxygens (including phenoxy) is 1. The van der Waals surface area contributed by atoms with Gasteiger partial charge in [-0.1, -0.05) is 18.2 Å². The van der Waals surface area contributed by atoms with E-state index in [9.17, 15) is 19.5 Å². The van der Waals surface area contributed by atoms with Gasteiger partial charge in [0.05, 0.1) is 12.7 Å². The normalized spacial score (nSPS) is 21.4. The highest BCUT2D eigenvalue weighted by Gasteiger charge is 2.66. The molecule has 4 rings (SSSR count). The number of hydrogen-bond acceptors (Lipinski definition) is 6. The summed E-state index contributed by atoms with van der Waals surface area (Å²) < 4.78 is 5.17. The van der Waals surface area contributed by atoms with Crippen molar-refractivity contribution in [3.05, 3.63) is 65.2 Å². The van der Waals surface area contributed by atoms with Crippen LogP contribution >= 0.6 is 0 Å². The second kappa shape index (κ2) is 8.37. The lowest BCUT2D eigenvalue weighted by molar-refractivity contribution is -0.143. The highest BCUT2D eigenvalue weighted by atomic mass is 16.5. The molecule has 1 saturated heterocycles. The lowest BCUT2D eigenvalue weighted by atomic mass is 9.82. The molecule has 0 bridgehead atoms. The van der Waals surface area contributed by atoms with Crippen molar-refractivity contribution < 1.29 is 24.2 Å². The van der Waals surface area contributed by atoms with E-state index in [1.165, 1.54) is 16.9 Å². The molecule has 8 heteroatoms. The Morgan fingerprint density at radius 2 is 1.73 bits per heavy atom. The summed E-state index contributed by atoms with van der Waals surface area (Å²) in [4.78, 5) is 45.2. The van der Waals surface area contributed by atoms with E-state index in [1.807, 2.05) is 19.0 Å². The minimum absolute atomic E-state index is 0.191. The van der Waals surface area contributed by atoms with E-state index in [-0.39, 0.29) is 17.9 Å². The van der Waals surface area contributed by atoms with Crippen LogP contribution in [0.5, 0.6) is 5.75 Å². The zero-order chi connectivity index (χ0) is 23.9. The van der Waals surface area contributed by atoms with Crippen molar-refractivity contribution in [2.24, 2.45) is 0 Å². The van der Waals surface area contributed by atoms with Gasteiger partial charge in [0, 0.05) is 30.4 Å². The summed E-state index contributed by atoms with van der Waals surface area (Å²) in [6, 6.07) is 13.5. The minimum Gasteiger partial charge on any atom is -0.507 e. The molecular formula is C25H27N3O5. The summed E-state index contributed by atoms with van der Waals surface area (Å²) >= 11 is 0. The van der Waals surface area contributed by atoms with Crippen LogP contribution in [0, 0.1) is 0 Å². The van der Waals surface area contributed by atoms with Crippen molar-refractivity contribution in [2.45, 2.75) is 12.0 Å². The quantitative estimate of drug-likeness (QED) is 0.413. The molecule has 0 radical (unpaired) electrons.